The second kappa shape index (κ2) is 12.3. The standard InChI is InChI=1S/C24H26N4O6S2/c1-3-34-24(31)28-22-27-20(13-8-16-4-9-18(10-5-16)25-15-26-23(29)30)21(35-22)14-17-6-11-19(12-7-17)36(2,32)33/h4-7,9-12,15H,3,8,13-14H2,1-2H3,(H,25,26)(H,29,30)(H,27,28,31). The summed E-state index contributed by atoms with van der Waals surface area (Å²) in [5.41, 5.74) is 3.40. The highest BCUT2D eigenvalue weighted by molar-refractivity contribution is 7.90. The van der Waals surface area contributed by atoms with Crippen LogP contribution in [-0.2, 0) is 33.8 Å². The molecule has 3 N–H and O–H groups in total. The Morgan fingerprint density at radius 1 is 1.08 bits per heavy atom. The zero-order chi connectivity index (χ0) is 26.1. The summed E-state index contributed by atoms with van der Waals surface area (Å²) >= 11 is 1.35. The Morgan fingerprint density at radius 3 is 2.36 bits per heavy atom. The summed E-state index contributed by atoms with van der Waals surface area (Å²) in [6.07, 6.45) is 2.35. The van der Waals surface area contributed by atoms with Gasteiger partial charge in [0.1, 0.15) is 0 Å². The lowest BCUT2D eigenvalue weighted by atomic mass is 10.0. The number of hydrogen-bond donors (Lipinski definition) is 3. The molecule has 3 rings (SSSR count). The normalized spacial score (nSPS) is 11.4. The largest absolute Gasteiger partial charge is 0.465 e. The number of sulfone groups is 1. The molecule has 0 aliphatic heterocycles. The number of ether oxygens (including phenoxy) is 1. The van der Waals surface area contributed by atoms with Crippen LogP contribution in [0.3, 0.4) is 0 Å². The number of thiazole rings is 1. The number of nitrogens with zero attached hydrogens (tertiary/aromatic N) is 2. The van der Waals surface area contributed by atoms with Gasteiger partial charge in [0, 0.05) is 17.6 Å². The van der Waals surface area contributed by atoms with Crippen LogP contribution in [-0.4, -0.2) is 49.9 Å². The number of aromatic nitrogens is 1. The van der Waals surface area contributed by atoms with Crippen LogP contribution in [0.1, 0.15) is 28.6 Å². The van der Waals surface area contributed by atoms with Crippen molar-refractivity contribution in [2.24, 2.45) is 4.99 Å². The van der Waals surface area contributed by atoms with E-state index >= 15 is 0 Å². The Bertz CT molecular complexity index is 1330. The molecule has 10 nitrogen and oxygen atoms in total. The van der Waals surface area contributed by atoms with Crippen LogP contribution in [0.5, 0.6) is 0 Å². The molecule has 0 aliphatic carbocycles. The van der Waals surface area contributed by atoms with Crippen LogP contribution < -0.4 is 10.6 Å². The van der Waals surface area contributed by atoms with E-state index in [0.717, 1.165) is 28.0 Å². The van der Waals surface area contributed by atoms with Crippen molar-refractivity contribution in [1.82, 2.24) is 10.3 Å². The maximum atomic E-state index is 11.9. The Hall–Kier alpha value is -3.77. The van der Waals surface area contributed by atoms with Crippen molar-refractivity contribution >= 4 is 50.5 Å². The van der Waals surface area contributed by atoms with Crippen LogP contribution in [0.15, 0.2) is 58.4 Å². The predicted molar refractivity (Wildman–Crippen MR) is 138 cm³/mol. The third-order valence-electron chi connectivity index (χ3n) is 4.97. The number of aliphatic imine (C=N–C) groups is 1. The second-order valence-electron chi connectivity index (χ2n) is 7.70. The molecule has 0 bridgehead atoms. The second-order valence-corrected chi connectivity index (χ2v) is 10.8. The molecule has 0 saturated carbocycles. The third-order valence-corrected chi connectivity index (χ3v) is 7.11. The summed E-state index contributed by atoms with van der Waals surface area (Å²) < 4.78 is 28.4. The average molecular weight is 531 g/mol. The number of carbonyl (C=O) groups is 2. The highest BCUT2D eigenvalue weighted by atomic mass is 32.2. The fourth-order valence-electron chi connectivity index (χ4n) is 3.24. The highest BCUT2D eigenvalue weighted by Crippen LogP contribution is 2.28. The van der Waals surface area contributed by atoms with Gasteiger partial charge in [-0.3, -0.25) is 10.6 Å². The molecule has 0 spiro atoms. The average Bonchev–Trinajstić information content (AvgIpc) is 3.19. The summed E-state index contributed by atoms with van der Waals surface area (Å²) in [5, 5.41) is 13.7. The first kappa shape index (κ1) is 26.8. The first-order valence-corrected chi connectivity index (χ1v) is 13.7. The quantitative estimate of drug-likeness (QED) is 0.260. The Labute approximate surface area is 213 Å². The Kier molecular flexibility index (Phi) is 9.14. The molecule has 0 fully saturated rings. The highest BCUT2D eigenvalue weighted by Gasteiger charge is 2.15. The number of hydrogen-bond acceptors (Lipinski definition) is 8. The minimum absolute atomic E-state index is 0.246. The van der Waals surface area contributed by atoms with Gasteiger partial charge in [0.15, 0.2) is 15.0 Å². The van der Waals surface area contributed by atoms with E-state index in [9.17, 15) is 18.0 Å². The van der Waals surface area contributed by atoms with Gasteiger partial charge in [0.05, 0.1) is 29.2 Å². The summed E-state index contributed by atoms with van der Waals surface area (Å²) in [7, 11) is -3.28. The van der Waals surface area contributed by atoms with Crippen molar-refractivity contribution in [3.63, 3.8) is 0 Å². The van der Waals surface area contributed by atoms with Crippen LogP contribution in [0.2, 0.25) is 0 Å². The zero-order valence-electron chi connectivity index (χ0n) is 19.7. The molecule has 0 saturated heterocycles. The number of rotatable bonds is 10. The minimum atomic E-state index is -3.28. The molecule has 2 amide bonds. The van der Waals surface area contributed by atoms with Gasteiger partial charge < -0.3 is 9.84 Å². The fourth-order valence-corrected chi connectivity index (χ4v) is 4.90. The number of nitrogens with one attached hydrogen (secondary N) is 2. The predicted octanol–water partition coefficient (Wildman–Crippen LogP) is 4.42. The maximum Gasteiger partial charge on any atom is 0.413 e. The molecule has 1 heterocycles. The van der Waals surface area contributed by atoms with E-state index in [1.54, 1.807) is 43.3 Å². The molecular weight excluding hydrogens is 504 g/mol. The van der Waals surface area contributed by atoms with E-state index in [4.69, 9.17) is 9.84 Å². The summed E-state index contributed by atoms with van der Waals surface area (Å²) in [5.74, 6) is 0. The van der Waals surface area contributed by atoms with Crippen LogP contribution in [0.25, 0.3) is 0 Å². The lowest BCUT2D eigenvalue weighted by Gasteiger charge is -2.05. The first-order valence-electron chi connectivity index (χ1n) is 11.0. The van der Waals surface area contributed by atoms with E-state index < -0.39 is 22.0 Å². The molecule has 1 aromatic heterocycles. The molecule has 3 aromatic rings. The van der Waals surface area contributed by atoms with Gasteiger partial charge in [-0.1, -0.05) is 24.3 Å². The number of anilines is 1. The number of carbonyl (C=O) groups excluding carboxylic acids is 1. The molecule has 2 aromatic carbocycles. The van der Waals surface area contributed by atoms with Crippen LogP contribution in [0, 0.1) is 0 Å². The molecule has 190 valence electrons. The van der Waals surface area contributed by atoms with Gasteiger partial charge in [-0.2, -0.15) is 0 Å². The lowest BCUT2D eigenvalue weighted by Crippen LogP contribution is -2.17. The van der Waals surface area contributed by atoms with E-state index in [1.807, 2.05) is 12.1 Å². The maximum absolute atomic E-state index is 11.9. The fraction of sp³-hybridized carbons (Fsp3) is 0.250. The zero-order valence-corrected chi connectivity index (χ0v) is 21.4. The smallest absolute Gasteiger partial charge is 0.413 e. The number of carboxylic acid groups (broad SMARTS) is 1. The topological polar surface area (TPSA) is 147 Å². The van der Waals surface area contributed by atoms with Crippen LogP contribution >= 0.6 is 11.3 Å². The molecule has 12 heteroatoms. The van der Waals surface area contributed by atoms with Crippen molar-refractivity contribution in [1.29, 1.82) is 0 Å². The first-order chi connectivity index (χ1) is 17.1. The summed E-state index contributed by atoms with van der Waals surface area (Å²) in [4.78, 5) is 32.2. The van der Waals surface area contributed by atoms with Gasteiger partial charge in [-0.25, -0.2) is 28.0 Å². The van der Waals surface area contributed by atoms with Crippen molar-refractivity contribution in [2.45, 2.75) is 31.1 Å². The van der Waals surface area contributed by atoms with Crippen molar-refractivity contribution < 1.29 is 27.9 Å². The van der Waals surface area contributed by atoms with Gasteiger partial charge in [0.25, 0.3) is 0 Å². The van der Waals surface area contributed by atoms with E-state index in [-0.39, 0.29) is 11.5 Å². The minimum Gasteiger partial charge on any atom is -0.465 e. The van der Waals surface area contributed by atoms with Crippen molar-refractivity contribution in [3.05, 3.63) is 70.2 Å². The SMILES string of the molecule is CCOC(=O)Nc1nc(CCc2ccc(N=CNC(=O)O)cc2)c(Cc2ccc(S(C)(=O)=O)cc2)s1. The number of amides is 2. The van der Waals surface area contributed by atoms with Gasteiger partial charge in [-0.15, -0.1) is 11.3 Å². The van der Waals surface area contributed by atoms with E-state index in [2.05, 4.69) is 20.6 Å². The Balaban J connectivity index is 1.74. The number of benzene rings is 2. The lowest BCUT2D eigenvalue weighted by molar-refractivity contribution is 0.168. The molecule has 36 heavy (non-hydrogen) atoms. The van der Waals surface area contributed by atoms with E-state index in [1.165, 1.54) is 17.6 Å². The number of aryl methyl sites for hydroxylation is 2. The Morgan fingerprint density at radius 2 is 1.75 bits per heavy atom. The van der Waals surface area contributed by atoms with E-state index in [0.29, 0.717) is 30.1 Å². The molecule has 0 aliphatic rings. The van der Waals surface area contributed by atoms with Gasteiger partial charge in [0.2, 0.25) is 0 Å². The van der Waals surface area contributed by atoms with Crippen molar-refractivity contribution in [2.75, 3.05) is 18.2 Å². The monoisotopic (exact) mass is 530 g/mol. The summed E-state index contributed by atoms with van der Waals surface area (Å²) in [6, 6.07) is 14.1. The van der Waals surface area contributed by atoms with Gasteiger partial charge in [-0.05, 0) is 55.2 Å². The summed E-state index contributed by atoms with van der Waals surface area (Å²) in [6.45, 7) is 1.97. The molecule has 0 unspecified atom stereocenters. The van der Waals surface area contributed by atoms with Gasteiger partial charge >= 0.3 is 12.2 Å². The molecule has 0 radical (unpaired) electrons. The molecular formula is C24H26N4O6S2. The van der Waals surface area contributed by atoms with Crippen molar-refractivity contribution in [3.8, 4) is 0 Å². The van der Waals surface area contributed by atoms with Crippen LogP contribution in [0.4, 0.5) is 20.4 Å². The molecule has 0 atom stereocenters. The third kappa shape index (κ3) is 8.17.